The van der Waals surface area contributed by atoms with Gasteiger partial charge in [-0.15, -0.1) is 24.8 Å². The Hall–Kier alpha value is -1.79. The summed E-state index contributed by atoms with van der Waals surface area (Å²) in [7, 11) is 0. The molecule has 3 rings (SSSR count). The molecule has 1 aliphatic rings. The number of amides is 1. The number of halogens is 2. The van der Waals surface area contributed by atoms with Crippen LogP contribution in [0.4, 0.5) is 0 Å². The number of carbonyl (C=O) groups excluding carboxylic acids is 1. The molecule has 1 amide bonds. The van der Waals surface area contributed by atoms with E-state index in [1.165, 1.54) is 11.1 Å². The van der Waals surface area contributed by atoms with Gasteiger partial charge in [-0.25, -0.2) is 0 Å². The molecule has 0 saturated carbocycles. The number of benzene rings is 2. The molecule has 2 aromatic rings. The Labute approximate surface area is 192 Å². The van der Waals surface area contributed by atoms with Gasteiger partial charge in [-0.05, 0) is 61.4 Å². The Kier molecular flexibility index (Phi) is 11.8. The predicted octanol–water partition coefficient (Wildman–Crippen LogP) is 3.87. The molecule has 2 aromatic carbocycles. The first-order chi connectivity index (χ1) is 13.7. The zero-order chi connectivity index (χ0) is 19.8. The molecule has 0 spiro atoms. The third kappa shape index (κ3) is 7.17. The normalized spacial score (nSPS) is 14.8. The summed E-state index contributed by atoms with van der Waals surface area (Å²) in [5.74, 6) is 0.742. The van der Waals surface area contributed by atoms with Crippen molar-refractivity contribution in [1.29, 1.82) is 0 Å². The van der Waals surface area contributed by atoms with Gasteiger partial charge in [0.05, 0.1) is 0 Å². The summed E-state index contributed by atoms with van der Waals surface area (Å²) in [6.07, 6.45) is 1.04. The second kappa shape index (κ2) is 13.5. The molecule has 5 nitrogen and oxygen atoms in total. The van der Waals surface area contributed by atoms with Crippen LogP contribution in [0.15, 0.2) is 48.5 Å². The van der Waals surface area contributed by atoms with Crippen LogP contribution < -0.4 is 15.4 Å². The van der Waals surface area contributed by atoms with Gasteiger partial charge < -0.3 is 20.3 Å². The predicted molar refractivity (Wildman–Crippen MR) is 127 cm³/mol. The van der Waals surface area contributed by atoms with E-state index in [0.717, 1.165) is 38.3 Å². The van der Waals surface area contributed by atoms with Gasteiger partial charge in [0.2, 0.25) is 0 Å². The molecule has 0 aliphatic carbocycles. The summed E-state index contributed by atoms with van der Waals surface area (Å²) in [6.45, 7) is 9.44. The van der Waals surface area contributed by atoms with Crippen LogP contribution in [0, 0.1) is 0 Å². The van der Waals surface area contributed by atoms with Crippen molar-refractivity contribution < 1.29 is 9.53 Å². The monoisotopic (exact) mass is 453 g/mol. The molecular weight excluding hydrogens is 421 g/mol. The van der Waals surface area contributed by atoms with Crippen LogP contribution in [0.3, 0.4) is 0 Å². The van der Waals surface area contributed by atoms with Gasteiger partial charge in [0.15, 0.2) is 0 Å². The fraction of sp³-hybridized carbons (Fsp3) is 0.435. The standard InChI is InChI=1S/C23H31N3O2.2ClH/c1-3-26(4-2)15-16-28-20-11-9-19(10-12-20)23(27)25-17-22-21-8-6-5-7-18(21)13-14-24-22;;/h5-12,22,24H,3-4,13-17H2,1-2H3,(H,25,27);2*1H. The highest BCUT2D eigenvalue weighted by molar-refractivity contribution is 5.94. The summed E-state index contributed by atoms with van der Waals surface area (Å²) < 4.78 is 5.79. The minimum atomic E-state index is -0.0560. The van der Waals surface area contributed by atoms with Gasteiger partial charge in [-0.2, -0.15) is 0 Å². The number of ether oxygens (including phenoxy) is 1. The Morgan fingerprint density at radius 2 is 1.80 bits per heavy atom. The first kappa shape index (κ1) is 26.2. The summed E-state index contributed by atoms with van der Waals surface area (Å²) in [4.78, 5) is 14.8. The van der Waals surface area contributed by atoms with Crippen LogP contribution in [0.1, 0.15) is 41.4 Å². The molecule has 2 N–H and O–H groups in total. The molecule has 1 atom stereocenters. The maximum absolute atomic E-state index is 12.5. The second-order valence-electron chi connectivity index (χ2n) is 7.07. The van der Waals surface area contributed by atoms with Crippen molar-refractivity contribution in [3.05, 3.63) is 65.2 Å². The van der Waals surface area contributed by atoms with Crippen LogP contribution in [0.5, 0.6) is 5.75 Å². The Morgan fingerprint density at radius 1 is 1.10 bits per heavy atom. The quantitative estimate of drug-likeness (QED) is 0.604. The lowest BCUT2D eigenvalue weighted by Crippen LogP contribution is -2.38. The van der Waals surface area contributed by atoms with Crippen molar-refractivity contribution in [1.82, 2.24) is 15.5 Å². The highest BCUT2D eigenvalue weighted by Crippen LogP contribution is 2.22. The number of likely N-dealkylation sites (N-methyl/N-ethyl adjacent to an activating group) is 1. The lowest BCUT2D eigenvalue weighted by molar-refractivity contribution is 0.0949. The fourth-order valence-electron chi connectivity index (χ4n) is 3.61. The fourth-order valence-corrected chi connectivity index (χ4v) is 3.61. The van der Waals surface area contributed by atoms with E-state index in [1.54, 1.807) is 0 Å². The molecule has 1 unspecified atom stereocenters. The van der Waals surface area contributed by atoms with E-state index in [4.69, 9.17) is 4.74 Å². The molecule has 0 saturated heterocycles. The van der Waals surface area contributed by atoms with E-state index in [9.17, 15) is 4.79 Å². The Balaban J connectivity index is 0.00000225. The van der Waals surface area contributed by atoms with Crippen molar-refractivity contribution in [2.45, 2.75) is 26.3 Å². The number of hydrogen-bond donors (Lipinski definition) is 2. The van der Waals surface area contributed by atoms with E-state index in [-0.39, 0.29) is 36.8 Å². The van der Waals surface area contributed by atoms with E-state index >= 15 is 0 Å². The van der Waals surface area contributed by atoms with Gasteiger partial charge in [0.25, 0.3) is 5.91 Å². The minimum absolute atomic E-state index is 0. The summed E-state index contributed by atoms with van der Waals surface area (Å²) in [5, 5.41) is 6.55. The molecule has 7 heteroatoms. The van der Waals surface area contributed by atoms with Gasteiger partial charge in [-0.1, -0.05) is 38.1 Å². The molecule has 0 aromatic heterocycles. The lowest BCUT2D eigenvalue weighted by atomic mass is 9.94. The smallest absolute Gasteiger partial charge is 0.251 e. The van der Waals surface area contributed by atoms with E-state index in [1.807, 2.05) is 24.3 Å². The van der Waals surface area contributed by atoms with Crippen LogP contribution in [-0.2, 0) is 6.42 Å². The maximum atomic E-state index is 12.5. The van der Waals surface area contributed by atoms with Crippen molar-refractivity contribution in [3.8, 4) is 5.75 Å². The van der Waals surface area contributed by atoms with E-state index in [0.29, 0.717) is 18.7 Å². The van der Waals surface area contributed by atoms with Crippen LogP contribution in [0.2, 0.25) is 0 Å². The maximum Gasteiger partial charge on any atom is 0.251 e. The van der Waals surface area contributed by atoms with Crippen molar-refractivity contribution in [2.75, 3.05) is 39.3 Å². The zero-order valence-corrected chi connectivity index (χ0v) is 19.4. The molecule has 166 valence electrons. The molecule has 0 radical (unpaired) electrons. The third-order valence-corrected chi connectivity index (χ3v) is 5.37. The first-order valence-electron chi connectivity index (χ1n) is 10.3. The zero-order valence-electron chi connectivity index (χ0n) is 17.7. The van der Waals surface area contributed by atoms with Crippen LogP contribution in [0.25, 0.3) is 0 Å². The Morgan fingerprint density at radius 3 is 2.50 bits per heavy atom. The summed E-state index contributed by atoms with van der Waals surface area (Å²) >= 11 is 0. The van der Waals surface area contributed by atoms with E-state index in [2.05, 4.69) is 53.6 Å². The molecule has 30 heavy (non-hydrogen) atoms. The summed E-state index contributed by atoms with van der Waals surface area (Å²) in [5.41, 5.74) is 3.30. The number of fused-ring (bicyclic) bond motifs is 1. The highest BCUT2D eigenvalue weighted by atomic mass is 35.5. The van der Waals surface area contributed by atoms with E-state index < -0.39 is 0 Å². The number of nitrogens with zero attached hydrogens (tertiary/aromatic N) is 1. The van der Waals surface area contributed by atoms with Gasteiger partial charge in [-0.3, -0.25) is 4.79 Å². The van der Waals surface area contributed by atoms with Gasteiger partial charge >= 0.3 is 0 Å². The first-order valence-corrected chi connectivity index (χ1v) is 10.3. The Bertz CT molecular complexity index is 767. The van der Waals surface area contributed by atoms with Crippen molar-refractivity contribution in [3.63, 3.8) is 0 Å². The third-order valence-electron chi connectivity index (χ3n) is 5.37. The van der Waals surface area contributed by atoms with Crippen molar-refractivity contribution >= 4 is 30.7 Å². The topological polar surface area (TPSA) is 53.6 Å². The number of rotatable bonds is 9. The van der Waals surface area contributed by atoms with Crippen LogP contribution >= 0.6 is 24.8 Å². The molecule has 0 fully saturated rings. The summed E-state index contributed by atoms with van der Waals surface area (Å²) in [6, 6.07) is 16.0. The lowest BCUT2D eigenvalue weighted by Gasteiger charge is -2.27. The van der Waals surface area contributed by atoms with Gasteiger partial charge in [0.1, 0.15) is 12.4 Å². The van der Waals surface area contributed by atoms with Crippen molar-refractivity contribution in [2.24, 2.45) is 0 Å². The van der Waals surface area contributed by atoms with Crippen LogP contribution in [-0.4, -0.2) is 50.1 Å². The second-order valence-corrected chi connectivity index (χ2v) is 7.07. The number of nitrogens with one attached hydrogen (secondary N) is 2. The number of carbonyl (C=O) groups is 1. The molecule has 1 aliphatic heterocycles. The largest absolute Gasteiger partial charge is 0.492 e. The average Bonchev–Trinajstić information content (AvgIpc) is 2.75. The average molecular weight is 454 g/mol. The minimum Gasteiger partial charge on any atom is -0.492 e. The highest BCUT2D eigenvalue weighted by Gasteiger charge is 2.19. The number of hydrogen-bond acceptors (Lipinski definition) is 4. The van der Waals surface area contributed by atoms with Gasteiger partial charge in [0, 0.05) is 24.7 Å². The molecule has 1 heterocycles. The molecular formula is C23H33Cl2N3O2. The molecule has 0 bridgehead atoms. The SMILES string of the molecule is CCN(CC)CCOc1ccc(C(=O)NCC2NCCc3ccccc32)cc1.Cl.Cl.